The van der Waals surface area contributed by atoms with Gasteiger partial charge in [0.25, 0.3) is 5.91 Å². The summed E-state index contributed by atoms with van der Waals surface area (Å²) in [4.78, 5) is 17.7. The molecule has 1 aromatic carbocycles. The van der Waals surface area contributed by atoms with Gasteiger partial charge in [-0.05, 0) is 63.4 Å². The van der Waals surface area contributed by atoms with Crippen LogP contribution in [0.5, 0.6) is 0 Å². The van der Waals surface area contributed by atoms with Crippen LogP contribution in [0.3, 0.4) is 0 Å². The van der Waals surface area contributed by atoms with Crippen LogP contribution < -0.4 is 0 Å². The first-order valence-electron chi connectivity index (χ1n) is 9.83. The van der Waals surface area contributed by atoms with Gasteiger partial charge in [-0.3, -0.25) is 4.79 Å². The van der Waals surface area contributed by atoms with E-state index >= 15 is 0 Å². The summed E-state index contributed by atoms with van der Waals surface area (Å²) in [6, 6.07) is 8.39. The quantitative estimate of drug-likeness (QED) is 0.742. The van der Waals surface area contributed by atoms with Gasteiger partial charge in [0.1, 0.15) is 5.69 Å². The SMILES string of the molecule is Cl.Cn1c2c(c3ccccc31)CCN(CCCCN1CCCCC1)C2=O. The van der Waals surface area contributed by atoms with Crippen molar-refractivity contribution in [2.45, 2.75) is 38.5 Å². The number of likely N-dealkylation sites (tertiary alicyclic amines) is 1. The Hall–Kier alpha value is -1.52. The van der Waals surface area contributed by atoms with Crippen LogP contribution in [0.1, 0.15) is 48.2 Å². The third-order valence-electron chi connectivity index (χ3n) is 5.93. The highest BCUT2D eigenvalue weighted by Crippen LogP contribution is 2.29. The lowest BCUT2D eigenvalue weighted by atomic mass is 10.0. The maximum Gasteiger partial charge on any atom is 0.270 e. The van der Waals surface area contributed by atoms with Crippen molar-refractivity contribution < 1.29 is 4.79 Å². The third kappa shape index (κ3) is 3.63. The molecule has 4 nitrogen and oxygen atoms in total. The average Bonchev–Trinajstić information content (AvgIpc) is 2.95. The fraction of sp³-hybridized carbons (Fsp3) is 0.571. The van der Waals surface area contributed by atoms with Gasteiger partial charge in [0.2, 0.25) is 0 Å². The molecular formula is C21H30ClN3O. The third-order valence-corrected chi connectivity index (χ3v) is 5.93. The van der Waals surface area contributed by atoms with Gasteiger partial charge >= 0.3 is 0 Å². The number of fused-ring (bicyclic) bond motifs is 3. The van der Waals surface area contributed by atoms with Gasteiger partial charge in [-0.15, -0.1) is 12.4 Å². The minimum absolute atomic E-state index is 0. The van der Waals surface area contributed by atoms with Gasteiger partial charge in [-0.25, -0.2) is 0 Å². The number of unbranched alkanes of at least 4 members (excludes halogenated alkanes) is 1. The van der Waals surface area contributed by atoms with Gasteiger partial charge in [-0.2, -0.15) is 0 Å². The molecular weight excluding hydrogens is 346 g/mol. The van der Waals surface area contributed by atoms with E-state index < -0.39 is 0 Å². The van der Waals surface area contributed by atoms with Crippen molar-refractivity contribution in [2.24, 2.45) is 7.05 Å². The molecule has 1 amide bonds. The van der Waals surface area contributed by atoms with E-state index in [1.54, 1.807) is 0 Å². The number of nitrogens with zero attached hydrogens (tertiary/aromatic N) is 3. The number of hydrogen-bond donors (Lipinski definition) is 0. The lowest BCUT2D eigenvalue weighted by Gasteiger charge is -2.29. The minimum Gasteiger partial charge on any atom is -0.339 e. The molecule has 0 saturated carbocycles. The molecule has 0 N–H and O–H groups in total. The molecule has 0 bridgehead atoms. The Balaban J connectivity index is 0.00000196. The van der Waals surface area contributed by atoms with Crippen molar-refractivity contribution in [1.82, 2.24) is 14.4 Å². The van der Waals surface area contributed by atoms with Crippen LogP contribution in [-0.4, -0.2) is 53.0 Å². The molecule has 0 aliphatic carbocycles. The van der Waals surface area contributed by atoms with Crippen LogP contribution in [0.15, 0.2) is 24.3 Å². The molecule has 5 heteroatoms. The van der Waals surface area contributed by atoms with Crippen molar-refractivity contribution in [3.63, 3.8) is 0 Å². The number of carbonyl (C=O) groups excluding carboxylic acids is 1. The number of para-hydroxylation sites is 1. The highest BCUT2D eigenvalue weighted by Gasteiger charge is 2.29. The van der Waals surface area contributed by atoms with Gasteiger partial charge in [0, 0.05) is 31.0 Å². The summed E-state index contributed by atoms with van der Waals surface area (Å²) in [5.74, 6) is 0.220. The average molecular weight is 376 g/mol. The summed E-state index contributed by atoms with van der Waals surface area (Å²) in [5.41, 5.74) is 3.32. The molecule has 1 saturated heterocycles. The Kier molecular flexibility index (Phi) is 6.25. The summed E-state index contributed by atoms with van der Waals surface area (Å²) in [6.07, 6.45) is 7.40. The molecule has 1 fully saturated rings. The first kappa shape index (κ1) is 19.2. The summed E-state index contributed by atoms with van der Waals surface area (Å²) in [6.45, 7) is 5.49. The van der Waals surface area contributed by atoms with Gasteiger partial charge < -0.3 is 14.4 Å². The Morgan fingerprint density at radius 1 is 0.962 bits per heavy atom. The predicted molar refractivity (Wildman–Crippen MR) is 109 cm³/mol. The van der Waals surface area contributed by atoms with Crippen molar-refractivity contribution in [3.8, 4) is 0 Å². The van der Waals surface area contributed by atoms with E-state index in [0.717, 1.165) is 31.6 Å². The summed E-state index contributed by atoms with van der Waals surface area (Å²) in [5, 5.41) is 1.25. The summed E-state index contributed by atoms with van der Waals surface area (Å²) >= 11 is 0. The largest absolute Gasteiger partial charge is 0.339 e. The zero-order valence-electron chi connectivity index (χ0n) is 15.7. The van der Waals surface area contributed by atoms with E-state index in [0.29, 0.717) is 0 Å². The number of carbonyl (C=O) groups is 1. The first-order valence-corrected chi connectivity index (χ1v) is 9.83. The number of rotatable bonds is 5. The molecule has 0 spiro atoms. The lowest BCUT2D eigenvalue weighted by molar-refractivity contribution is 0.0725. The van der Waals surface area contributed by atoms with E-state index in [9.17, 15) is 4.79 Å². The monoisotopic (exact) mass is 375 g/mol. The number of amides is 1. The van der Waals surface area contributed by atoms with Crippen molar-refractivity contribution in [2.75, 3.05) is 32.7 Å². The lowest BCUT2D eigenvalue weighted by Crippen LogP contribution is -2.39. The molecule has 2 aromatic rings. The molecule has 0 unspecified atom stereocenters. The summed E-state index contributed by atoms with van der Waals surface area (Å²) < 4.78 is 2.09. The Labute approximate surface area is 162 Å². The molecule has 2 aliphatic heterocycles. The van der Waals surface area contributed by atoms with Crippen molar-refractivity contribution in [1.29, 1.82) is 0 Å². The second-order valence-electron chi connectivity index (χ2n) is 7.55. The predicted octanol–water partition coefficient (Wildman–Crippen LogP) is 3.86. The molecule has 0 atom stereocenters. The molecule has 0 radical (unpaired) electrons. The van der Waals surface area contributed by atoms with Gasteiger partial charge in [0.05, 0.1) is 0 Å². The van der Waals surface area contributed by atoms with E-state index in [1.807, 2.05) is 7.05 Å². The minimum atomic E-state index is 0. The molecule has 1 aromatic heterocycles. The smallest absolute Gasteiger partial charge is 0.270 e. The van der Waals surface area contributed by atoms with E-state index in [2.05, 4.69) is 38.6 Å². The zero-order chi connectivity index (χ0) is 17.2. The standard InChI is InChI=1S/C21H29N3O.ClH/c1-22-19-10-4-3-9-17(19)18-11-16-24(21(25)20(18)22)15-8-7-14-23-12-5-2-6-13-23;/h3-4,9-10H,2,5-8,11-16H2,1H3;1H. The highest BCUT2D eigenvalue weighted by atomic mass is 35.5. The number of hydrogen-bond acceptors (Lipinski definition) is 2. The number of aryl methyl sites for hydroxylation is 1. The number of aromatic nitrogens is 1. The van der Waals surface area contributed by atoms with Gasteiger partial charge in [-0.1, -0.05) is 24.6 Å². The normalized spacial score (nSPS) is 18.0. The van der Waals surface area contributed by atoms with E-state index in [4.69, 9.17) is 0 Å². The van der Waals surface area contributed by atoms with E-state index in [-0.39, 0.29) is 18.3 Å². The fourth-order valence-electron chi connectivity index (χ4n) is 4.53. The van der Waals surface area contributed by atoms with Crippen molar-refractivity contribution >= 4 is 29.2 Å². The van der Waals surface area contributed by atoms with Crippen LogP contribution in [0.4, 0.5) is 0 Å². The van der Waals surface area contributed by atoms with Gasteiger partial charge in [0.15, 0.2) is 0 Å². The molecule has 2 aliphatic rings. The maximum atomic E-state index is 13.0. The van der Waals surface area contributed by atoms with Crippen LogP contribution in [0.25, 0.3) is 10.9 Å². The molecule has 3 heterocycles. The zero-order valence-corrected chi connectivity index (χ0v) is 16.6. The number of benzene rings is 1. The summed E-state index contributed by atoms with van der Waals surface area (Å²) in [7, 11) is 2.03. The molecule has 142 valence electrons. The molecule has 4 rings (SSSR count). The fourth-order valence-corrected chi connectivity index (χ4v) is 4.53. The maximum absolute atomic E-state index is 13.0. The Morgan fingerprint density at radius 3 is 2.50 bits per heavy atom. The van der Waals surface area contributed by atoms with Crippen LogP contribution in [-0.2, 0) is 13.5 Å². The highest BCUT2D eigenvalue weighted by molar-refractivity contribution is 6.02. The van der Waals surface area contributed by atoms with E-state index in [1.165, 1.54) is 61.8 Å². The second-order valence-corrected chi connectivity index (χ2v) is 7.55. The van der Waals surface area contributed by atoms with Crippen molar-refractivity contribution in [3.05, 3.63) is 35.5 Å². The first-order chi connectivity index (χ1) is 12.3. The van der Waals surface area contributed by atoms with Crippen LogP contribution in [0, 0.1) is 0 Å². The number of halogens is 1. The Bertz CT molecular complexity index is 764. The molecule has 26 heavy (non-hydrogen) atoms. The number of piperidine rings is 1. The topological polar surface area (TPSA) is 28.5 Å². The second kappa shape index (κ2) is 8.45. The van der Waals surface area contributed by atoms with Crippen LogP contribution >= 0.6 is 12.4 Å². The van der Waals surface area contributed by atoms with Crippen LogP contribution in [0.2, 0.25) is 0 Å². The Morgan fingerprint density at radius 2 is 1.69 bits per heavy atom.